The standard InChI is InChI=1S/C21H33N3O3/c1-17(23-11-13-27-14-12-23)15-22-21(25)24(19-8-4-5-9-19)16-18-7-3-6-10-20(18)26-2/h3,6-7,10,17,19H,4-5,8-9,11-16H2,1-2H3,(H,22,25)/t17-/m0/s1. The second-order valence-electron chi connectivity index (χ2n) is 7.56. The van der Waals surface area contributed by atoms with Crippen molar-refractivity contribution in [3.8, 4) is 5.75 Å². The number of rotatable bonds is 7. The van der Waals surface area contributed by atoms with E-state index in [-0.39, 0.29) is 6.03 Å². The smallest absolute Gasteiger partial charge is 0.318 e. The van der Waals surface area contributed by atoms with Gasteiger partial charge in [-0.15, -0.1) is 0 Å². The molecule has 150 valence electrons. The second-order valence-corrected chi connectivity index (χ2v) is 7.56. The van der Waals surface area contributed by atoms with Gasteiger partial charge in [-0.2, -0.15) is 0 Å². The fourth-order valence-corrected chi connectivity index (χ4v) is 4.08. The number of morpholine rings is 1. The van der Waals surface area contributed by atoms with Crippen LogP contribution in [-0.4, -0.2) is 67.9 Å². The highest BCUT2D eigenvalue weighted by atomic mass is 16.5. The Morgan fingerprint density at radius 3 is 2.70 bits per heavy atom. The lowest BCUT2D eigenvalue weighted by Gasteiger charge is -2.34. The SMILES string of the molecule is COc1ccccc1CN(C(=O)NC[C@H](C)N1CCOCC1)C1CCCC1. The van der Waals surface area contributed by atoms with Crippen LogP contribution >= 0.6 is 0 Å². The lowest BCUT2D eigenvalue weighted by atomic mass is 10.1. The summed E-state index contributed by atoms with van der Waals surface area (Å²) in [6, 6.07) is 8.64. The van der Waals surface area contributed by atoms with Crippen LogP contribution in [0, 0.1) is 0 Å². The summed E-state index contributed by atoms with van der Waals surface area (Å²) in [4.78, 5) is 17.4. The molecule has 2 aliphatic rings. The van der Waals surface area contributed by atoms with Crippen LogP contribution < -0.4 is 10.1 Å². The van der Waals surface area contributed by atoms with Crippen LogP contribution in [0.3, 0.4) is 0 Å². The Morgan fingerprint density at radius 2 is 2.00 bits per heavy atom. The van der Waals surface area contributed by atoms with Crippen molar-refractivity contribution in [1.82, 2.24) is 15.1 Å². The molecule has 27 heavy (non-hydrogen) atoms. The predicted octanol–water partition coefficient (Wildman–Crippen LogP) is 2.87. The Morgan fingerprint density at radius 1 is 1.30 bits per heavy atom. The van der Waals surface area contributed by atoms with E-state index in [1.54, 1.807) is 7.11 Å². The highest BCUT2D eigenvalue weighted by Gasteiger charge is 2.28. The molecule has 1 saturated carbocycles. The van der Waals surface area contributed by atoms with E-state index in [0.717, 1.165) is 50.5 Å². The third-order valence-corrected chi connectivity index (χ3v) is 5.78. The van der Waals surface area contributed by atoms with Crippen LogP contribution in [0.1, 0.15) is 38.2 Å². The number of carbonyl (C=O) groups is 1. The first kappa shape index (κ1) is 20.0. The van der Waals surface area contributed by atoms with Crippen molar-refractivity contribution in [1.29, 1.82) is 0 Å². The van der Waals surface area contributed by atoms with E-state index in [0.29, 0.717) is 25.2 Å². The number of para-hydroxylation sites is 1. The largest absolute Gasteiger partial charge is 0.496 e. The van der Waals surface area contributed by atoms with Gasteiger partial charge in [0.15, 0.2) is 0 Å². The number of nitrogens with one attached hydrogen (secondary N) is 1. The van der Waals surface area contributed by atoms with Gasteiger partial charge < -0.3 is 19.7 Å². The van der Waals surface area contributed by atoms with Gasteiger partial charge in [-0.1, -0.05) is 31.0 Å². The molecule has 0 spiro atoms. The Labute approximate surface area is 162 Å². The van der Waals surface area contributed by atoms with Crippen LogP contribution in [0.15, 0.2) is 24.3 Å². The Hall–Kier alpha value is -1.79. The summed E-state index contributed by atoms with van der Waals surface area (Å²) < 4.78 is 10.9. The highest BCUT2D eigenvalue weighted by molar-refractivity contribution is 5.74. The molecule has 3 rings (SSSR count). The van der Waals surface area contributed by atoms with Crippen molar-refractivity contribution in [2.24, 2.45) is 0 Å². The molecule has 6 nitrogen and oxygen atoms in total. The summed E-state index contributed by atoms with van der Waals surface area (Å²) in [6.07, 6.45) is 4.57. The quantitative estimate of drug-likeness (QED) is 0.796. The topological polar surface area (TPSA) is 54.0 Å². The number of ether oxygens (including phenoxy) is 2. The Balaban J connectivity index is 1.62. The highest BCUT2D eigenvalue weighted by Crippen LogP contribution is 2.27. The van der Waals surface area contributed by atoms with Gasteiger partial charge in [0.25, 0.3) is 0 Å². The van der Waals surface area contributed by atoms with E-state index < -0.39 is 0 Å². The maximum absolute atomic E-state index is 13.1. The molecule has 1 heterocycles. The number of hydrogen-bond donors (Lipinski definition) is 1. The number of hydrogen-bond acceptors (Lipinski definition) is 4. The molecule has 1 saturated heterocycles. The Kier molecular flexibility index (Phi) is 7.35. The first-order chi connectivity index (χ1) is 13.2. The minimum atomic E-state index is 0.0351. The molecule has 1 aromatic rings. The van der Waals surface area contributed by atoms with Crippen LogP contribution in [0.4, 0.5) is 4.79 Å². The number of urea groups is 1. The number of nitrogens with zero attached hydrogens (tertiary/aromatic N) is 2. The van der Waals surface area contributed by atoms with Crippen LogP contribution in [0.25, 0.3) is 0 Å². The molecule has 0 radical (unpaired) electrons. The minimum Gasteiger partial charge on any atom is -0.496 e. The maximum atomic E-state index is 13.1. The summed E-state index contributed by atoms with van der Waals surface area (Å²) in [7, 11) is 1.68. The zero-order chi connectivity index (χ0) is 19.1. The van der Waals surface area contributed by atoms with Crippen molar-refractivity contribution in [3.63, 3.8) is 0 Å². The third kappa shape index (κ3) is 5.36. The molecule has 1 aromatic carbocycles. The zero-order valence-electron chi connectivity index (χ0n) is 16.7. The predicted molar refractivity (Wildman–Crippen MR) is 106 cm³/mol. The molecule has 0 unspecified atom stereocenters. The van der Waals surface area contributed by atoms with Gasteiger partial charge in [-0.05, 0) is 25.8 Å². The monoisotopic (exact) mass is 375 g/mol. The molecule has 6 heteroatoms. The van der Waals surface area contributed by atoms with Crippen LogP contribution in [-0.2, 0) is 11.3 Å². The fraction of sp³-hybridized carbons (Fsp3) is 0.667. The summed E-state index contributed by atoms with van der Waals surface area (Å²) in [5, 5.41) is 3.18. The fourth-order valence-electron chi connectivity index (χ4n) is 4.08. The lowest BCUT2D eigenvalue weighted by molar-refractivity contribution is 0.0205. The van der Waals surface area contributed by atoms with Crippen LogP contribution in [0.5, 0.6) is 5.75 Å². The van der Waals surface area contributed by atoms with E-state index >= 15 is 0 Å². The first-order valence-electron chi connectivity index (χ1n) is 10.2. The number of amides is 2. The third-order valence-electron chi connectivity index (χ3n) is 5.78. The van der Waals surface area contributed by atoms with Crippen molar-refractivity contribution in [3.05, 3.63) is 29.8 Å². The van der Waals surface area contributed by atoms with E-state index in [1.807, 2.05) is 29.2 Å². The molecule has 0 aromatic heterocycles. The molecule has 1 N–H and O–H groups in total. The second kappa shape index (κ2) is 9.95. The molecule has 0 bridgehead atoms. The van der Waals surface area contributed by atoms with Crippen molar-refractivity contribution < 1.29 is 14.3 Å². The maximum Gasteiger partial charge on any atom is 0.318 e. The van der Waals surface area contributed by atoms with Gasteiger partial charge >= 0.3 is 6.03 Å². The molecule has 2 amide bonds. The summed E-state index contributed by atoms with van der Waals surface area (Å²) in [5.41, 5.74) is 1.06. The van der Waals surface area contributed by atoms with Gasteiger partial charge in [0, 0.05) is 37.3 Å². The summed E-state index contributed by atoms with van der Waals surface area (Å²) >= 11 is 0. The molecular formula is C21H33N3O3. The van der Waals surface area contributed by atoms with E-state index in [4.69, 9.17) is 9.47 Å². The summed E-state index contributed by atoms with van der Waals surface area (Å²) in [6.45, 7) is 6.85. The molecular weight excluding hydrogens is 342 g/mol. The average Bonchev–Trinajstić information content (AvgIpc) is 3.25. The normalized spacial score (nSPS) is 19.6. The summed E-state index contributed by atoms with van der Waals surface area (Å²) in [5.74, 6) is 0.843. The zero-order valence-corrected chi connectivity index (χ0v) is 16.7. The number of benzene rings is 1. The first-order valence-corrected chi connectivity index (χ1v) is 10.2. The number of carbonyl (C=O) groups excluding carboxylic acids is 1. The van der Waals surface area contributed by atoms with Crippen molar-refractivity contribution in [2.75, 3.05) is 40.0 Å². The van der Waals surface area contributed by atoms with Crippen molar-refractivity contribution in [2.45, 2.75) is 51.2 Å². The molecule has 2 fully saturated rings. The van der Waals surface area contributed by atoms with Gasteiger partial charge in [0.05, 0.1) is 26.9 Å². The minimum absolute atomic E-state index is 0.0351. The average molecular weight is 376 g/mol. The van der Waals surface area contributed by atoms with E-state index in [1.165, 1.54) is 12.8 Å². The van der Waals surface area contributed by atoms with Gasteiger partial charge in [0.2, 0.25) is 0 Å². The Bertz CT molecular complexity index is 598. The van der Waals surface area contributed by atoms with Gasteiger partial charge in [0.1, 0.15) is 5.75 Å². The van der Waals surface area contributed by atoms with E-state index in [9.17, 15) is 4.79 Å². The number of methoxy groups -OCH3 is 1. The van der Waals surface area contributed by atoms with E-state index in [2.05, 4.69) is 17.1 Å². The van der Waals surface area contributed by atoms with Crippen LogP contribution in [0.2, 0.25) is 0 Å². The van der Waals surface area contributed by atoms with Gasteiger partial charge in [-0.3, -0.25) is 4.90 Å². The molecule has 1 aliphatic carbocycles. The molecule has 1 aliphatic heterocycles. The van der Waals surface area contributed by atoms with Crippen molar-refractivity contribution >= 4 is 6.03 Å². The van der Waals surface area contributed by atoms with Gasteiger partial charge in [-0.25, -0.2) is 4.79 Å². The molecule has 1 atom stereocenters. The lowest BCUT2D eigenvalue weighted by Crippen LogP contribution is -2.51.